The lowest BCUT2D eigenvalue weighted by molar-refractivity contribution is -0.178. The number of hydrogen-bond acceptors (Lipinski definition) is 14. The molecular weight excluding hydrogens is 704 g/mol. The van der Waals surface area contributed by atoms with Crippen LogP contribution >= 0.6 is 11.3 Å². The first-order valence-electron chi connectivity index (χ1n) is 14.5. The highest BCUT2D eigenvalue weighted by Crippen LogP contribution is 2.36. The number of aromatic amines is 1. The molecule has 5 rings (SSSR count). The van der Waals surface area contributed by atoms with Crippen LogP contribution in [0.25, 0.3) is 0 Å². The number of nitrogens with two attached hydrogens (primary N) is 1. The van der Waals surface area contributed by atoms with Crippen molar-refractivity contribution >= 4 is 62.1 Å². The van der Waals surface area contributed by atoms with Crippen molar-refractivity contribution in [2.45, 2.75) is 43.5 Å². The third-order valence-electron chi connectivity index (χ3n) is 7.82. The van der Waals surface area contributed by atoms with Crippen molar-refractivity contribution in [3.8, 4) is 5.75 Å². The van der Waals surface area contributed by atoms with Gasteiger partial charge in [0.1, 0.15) is 17.4 Å². The molecule has 0 radical (unpaired) electrons. The lowest BCUT2D eigenvalue weighted by atomic mass is 9.80. The van der Waals surface area contributed by atoms with Crippen molar-refractivity contribution in [1.29, 1.82) is 0 Å². The summed E-state index contributed by atoms with van der Waals surface area (Å²) in [5, 5.41) is 31.2. The summed E-state index contributed by atoms with van der Waals surface area (Å²) in [6, 6.07) is 3.61. The highest BCUT2D eigenvalue weighted by Gasteiger charge is 2.54. The van der Waals surface area contributed by atoms with E-state index in [0.717, 1.165) is 23.6 Å². The molecule has 1 aromatic carbocycles. The number of β-lactam (4-membered cyclic amide) rings is 1. The summed E-state index contributed by atoms with van der Waals surface area (Å²) < 4.78 is 33.7. The molecule has 20 nitrogen and oxygen atoms in total. The zero-order valence-corrected chi connectivity index (χ0v) is 27.1. The van der Waals surface area contributed by atoms with Crippen LogP contribution in [0.15, 0.2) is 51.9 Å². The standard InChI is InChI=1S/C28H28N8O12S2/c29-27-33-16(12-49-27)20(35-48-28(26(43)44)6-1-7-28)24(41)34-21-17(36(25(21)42)50(45,46)47)10-32-22(39)14-4-2-13(3-5-14)9-31-23(40)15-8-18(37)19(38)11-30-15/h2-5,8,11-12,17,21,38H,1,6-7,9-10H2,(H2,29,33)(H,30,37)(H,31,40)(H,32,39)(H,34,41)(H,43,44)(H,45,46,47)/t17-,21-/m0/s1. The molecule has 9 N–H and O–H groups in total. The molecule has 3 heterocycles. The minimum absolute atomic E-state index is 0.000357. The number of carboxylic acid groups (broad SMARTS) is 1. The van der Waals surface area contributed by atoms with Gasteiger partial charge >= 0.3 is 16.3 Å². The van der Waals surface area contributed by atoms with Gasteiger partial charge in [-0.05, 0) is 24.1 Å². The number of amides is 4. The van der Waals surface area contributed by atoms with Gasteiger partial charge in [0.25, 0.3) is 23.6 Å². The van der Waals surface area contributed by atoms with Crippen molar-refractivity contribution in [3.05, 3.63) is 74.6 Å². The predicted octanol–water partition coefficient (Wildman–Crippen LogP) is -1.29. The molecule has 2 aromatic heterocycles. The molecule has 2 aliphatic rings. The Morgan fingerprint density at radius 1 is 1.14 bits per heavy atom. The van der Waals surface area contributed by atoms with Crippen molar-refractivity contribution in [2.75, 3.05) is 12.3 Å². The van der Waals surface area contributed by atoms with E-state index in [1.54, 1.807) is 0 Å². The average molecular weight is 733 g/mol. The summed E-state index contributed by atoms with van der Waals surface area (Å²) in [4.78, 5) is 86.2. The number of nitrogen functional groups attached to an aromatic ring is 1. The minimum Gasteiger partial charge on any atom is -0.503 e. The molecule has 1 aliphatic heterocycles. The number of nitrogens with zero attached hydrogens (tertiary/aromatic N) is 3. The third kappa shape index (κ3) is 7.40. The Hall–Kier alpha value is -5.87. The largest absolute Gasteiger partial charge is 0.503 e. The van der Waals surface area contributed by atoms with Gasteiger partial charge in [-0.1, -0.05) is 17.3 Å². The van der Waals surface area contributed by atoms with Gasteiger partial charge in [-0.25, -0.2) is 14.1 Å². The van der Waals surface area contributed by atoms with Gasteiger partial charge in [0.15, 0.2) is 16.6 Å². The van der Waals surface area contributed by atoms with Gasteiger partial charge in [-0.3, -0.25) is 28.5 Å². The van der Waals surface area contributed by atoms with Gasteiger partial charge in [-0.15, -0.1) is 11.3 Å². The number of anilines is 1. The Labute approximate surface area is 285 Å². The molecule has 4 amide bonds. The molecule has 3 aromatic rings. The summed E-state index contributed by atoms with van der Waals surface area (Å²) in [6.45, 7) is -0.563. The van der Waals surface area contributed by atoms with E-state index in [2.05, 4.69) is 31.1 Å². The summed E-state index contributed by atoms with van der Waals surface area (Å²) >= 11 is 0.928. The molecule has 0 unspecified atom stereocenters. The fourth-order valence-electron chi connectivity index (χ4n) is 4.89. The second kappa shape index (κ2) is 13.9. The second-order valence-corrected chi connectivity index (χ2v) is 13.3. The second-order valence-electron chi connectivity index (χ2n) is 11.1. The molecule has 0 spiro atoms. The fourth-order valence-corrected chi connectivity index (χ4v) is 6.32. The van der Waals surface area contributed by atoms with Crippen LogP contribution < -0.4 is 27.1 Å². The lowest BCUT2D eigenvalue weighted by Crippen LogP contribution is -2.74. The van der Waals surface area contributed by atoms with E-state index in [0.29, 0.717) is 12.0 Å². The van der Waals surface area contributed by atoms with Crippen molar-refractivity contribution in [3.63, 3.8) is 0 Å². The number of oxime groups is 1. The SMILES string of the molecule is Nc1nc(C(=NOC2(C(=O)O)CCC2)C(=O)N[C@@H]2C(=O)N(S(=O)(=O)O)[C@H]2CNC(=O)c2ccc(CNC(=O)c3cc(=O)c(O)c[nH]3)cc2)cs1. The number of hydrogen-bond donors (Lipinski definition) is 8. The number of pyridine rings is 1. The van der Waals surface area contributed by atoms with E-state index in [1.807, 2.05) is 0 Å². The number of thiazole rings is 1. The Morgan fingerprint density at radius 3 is 2.40 bits per heavy atom. The van der Waals surface area contributed by atoms with Crippen LogP contribution in [0, 0.1) is 0 Å². The van der Waals surface area contributed by atoms with E-state index in [-0.39, 0.29) is 45.8 Å². The number of benzene rings is 1. The number of carbonyl (C=O) groups is 5. The summed E-state index contributed by atoms with van der Waals surface area (Å²) in [7, 11) is -5.13. The van der Waals surface area contributed by atoms with Crippen LogP contribution in [0.4, 0.5) is 5.13 Å². The number of H-pyrrole nitrogens is 1. The normalized spacial score (nSPS) is 18.3. The Bertz CT molecular complexity index is 2060. The van der Waals surface area contributed by atoms with Crippen LogP contribution in [0.2, 0.25) is 0 Å². The molecule has 0 bridgehead atoms. The first-order chi connectivity index (χ1) is 23.6. The molecule has 22 heteroatoms. The number of aromatic hydroxyl groups is 1. The highest BCUT2D eigenvalue weighted by atomic mass is 32.2. The molecule has 1 saturated carbocycles. The maximum absolute atomic E-state index is 13.3. The van der Waals surface area contributed by atoms with Gasteiger partial charge < -0.3 is 41.7 Å². The Kier molecular flexibility index (Phi) is 9.87. The number of aliphatic carboxylic acids is 1. The Balaban J connectivity index is 1.24. The smallest absolute Gasteiger partial charge is 0.362 e. The monoisotopic (exact) mass is 732 g/mol. The Morgan fingerprint density at radius 2 is 1.84 bits per heavy atom. The van der Waals surface area contributed by atoms with Crippen molar-refractivity contribution in [1.82, 2.24) is 30.2 Å². The number of carbonyl (C=O) groups excluding carboxylic acids is 4. The maximum atomic E-state index is 13.3. The van der Waals surface area contributed by atoms with Crippen LogP contribution in [0.1, 0.15) is 51.4 Å². The zero-order valence-electron chi connectivity index (χ0n) is 25.5. The van der Waals surface area contributed by atoms with Crippen molar-refractivity contribution < 1.29 is 52.0 Å². The van der Waals surface area contributed by atoms with Crippen molar-refractivity contribution in [2.24, 2.45) is 5.16 Å². The molecule has 264 valence electrons. The van der Waals surface area contributed by atoms with Crippen LogP contribution in [-0.4, -0.2) is 97.0 Å². The number of nitrogens with one attached hydrogen (secondary N) is 4. The molecule has 2 fully saturated rings. The summed E-state index contributed by atoms with van der Waals surface area (Å²) in [5.41, 5.74) is 3.13. The number of carboxylic acids is 1. The van der Waals surface area contributed by atoms with E-state index < -0.39 is 81.0 Å². The molecule has 1 aliphatic carbocycles. The molecule has 50 heavy (non-hydrogen) atoms. The molecule has 1 saturated heterocycles. The van der Waals surface area contributed by atoms with Gasteiger partial charge in [0.05, 0.1) is 6.04 Å². The van der Waals surface area contributed by atoms with Crippen LogP contribution in [0.3, 0.4) is 0 Å². The third-order valence-corrected chi connectivity index (χ3v) is 9.45. The molecular formula is C28H28N8O12S2. The van der Waals surface area contributed by atoms with E-state index in [9.17, 15) is 52.0 Å². The fraction of sp³-hybridized carbons (Fsp3) is 0.286. The van der Waals surface area contributed by atoms with E-state index in [1.165, 1.54) is 29.6 Å². The van der Waals surface area contributed by atoms with Gasteiger partial charge in [-0.2, -0.15) is 8.42 Å². The topological polar surface area (TPSA) is 313 Å². The number of aromatic nitrogens is 2. The summed E-state index contributed by atoms with van der Waals surface area (Å²) in [6.07, 6.45) is 1.76. The summed E-state index contributed by atoms with van der Waals surface area (Å²) in [5.74, 6) is -5.55. The number of rotatable bonds is 13. The average Bonchev–Trinajstić information content (AvgIpc) is 3.47. The van der Waals surface area contributed by atoms with Gasteiger partial charge in [0, 0.05) is 49.1 Å². The minimum atomic E-state index is -5.13. The first-order valence-corrected chi connectivity index (χ1v) is 16.8. The maximum Gasteiger partial charge on any atom is 0.362 e. The van der Waals surface area contributed by atoms with Gasteiger partial charge in [0.2, 0.25) is 11.0 Å². The zero-order chi connectivity index (χ0) is 36.4. The van der Waals surface area contributed by atoms with E-state index >= 15 is 0 Å². The van der Waals surface area contributed by atoms with Crippen LogP contribution in [0.5, 0.6) is 5.75 Å². The first kappa shape index (κ1) is 35.4. The predicted molar refractivity (Wildman–Crippen MR) is 171 cm³/mol. The van der Waals surface area contributed by atoms with Crippen LogP contribution in [-0.2, 0) is 36.1 Å². The molecule has 2 atom stereocenters. The quantitative estimate of drug-likeness (QED) is 0.0439. The lowest BCUT2D eigenvalue weighted by Gasteiger charge is -2.44. The highest BCUT2D eigenvalue weighted by molar-refractivity contribution is 7.84. The van der Waals surface area contributed by atoms with E-state index in [4.69, 9.17) is 10.6 Å².